The lowest BCUT2D eigenvalue weighted by atomic mass is 10.1. The van der Waals surface area contributed by atoms with Gasteiger partial charge in [0.05, 0.1) is 6.20 Å². The van der Waals surface area contributed by atoms with E-state index in [2.05, 4.69) is 50.1 Å². The van der Waals surface area contributed by atoms with Crippen LogP contribution in [0.15, 0.2) is 36.5 Å². The molecule has 1 aromatic carbocycles. The maximum absolute atomic E-state index is 4.40. The normalized spacial score (nSPS) is 14.0. The molecule has 2 aromatic rings. The van der Waals surface area contributed by atoms with Crippen molar-refractivity contribution in [1.29, 1.82) is 0 Å². The highest BCUT2D eigenvalue weighted by atomic mass is 15.3. The lowest BCUT2D eigenvalue weighted by Crippen LogP contribution is -2.10. The minimum atomic E-state index is 0.581. The van der Waals surface area contributed by atoms with Crippen LogP contribution in [0.25, 0.3) is 0 Å². The van der Waals surface area contributed by atoms with Crippen LogP contribution in [0.1, 0.15) is 24.8 Å². The van der Waals surface area contributed by atoms with E-state index in [9.17, 15) is 0 Å². The van der Waals surface area contributed by atoms with Gasteiger partial charge in [0.2, 0.25) is 5.95 Å². The van der Waals surface area contributed by atoms with Crippen molar-refractivity contribution in [3.63, 3.8) is 0 Å². The second-order valence-corrected chi connectivity index (χ2v) is 5.10. The number of hydrogen-bond donors (Lipinski definition) is 2. The zero-order chi connectivity index (χ0) is 13.6. The molecule has 5 nitrogen and oxygen atoms in total. The molecule has 1 aliphatic rings. The molecule has 1 fully saturated rings. The van der Waals surface area contributed by atoms with E-state index in [1.54, 1.807) is 6.20 Å². The molecule has 5 heteroatoms. The number of nitrogens with one attached hydrogen (secondary N) is 2. The van der Waals surface area contributed by atoms with Gasteiger partial charge in [-0.25, -0.2) is 0 Å². The average Bonchev–Trinajstić information content (AvgIpc) is 3.29. The number of hydrogen-bond acceptors (Lipinski definition) is 5. The molecule has 1 aliphatic carbocycles. The smallest absolute Gasteiger partial charge is 0.244 e. The fourth-order valence-electron chi connectivity index (χ4n) is 2.02. The van der Waals surface area contributed by atoms with Gasteiger partial charge in [-0.2, -0.15) is 10.1 Å². The van der Waals surface area contributed by atoms with Crippen LogP contribution in [0.4, 0.5) is 11.8 Å². The van der Waals surface area contributed by atoms with Crippen LogP contribution in [0.5, 0.6) is 0 Å². The third-order valence-electron chi connectivity index (χ3n) is 3.26. The first-order chi connectivity index (χ1) is 9.90. The van der Waals surface area contributed by atoms with Crippen molar-refractivity contribution in [3.05, 3.63) is 42.1 Å². The van der Waals surface area contributed by atoms with E-state index in [4.69, 9.17) is 0 Å². The quantitative estimate of drug-likeness (QED) is 0.756. The second-order valence-electron chi connectivity index (χ2n) is 5.10. The maximum Gasteiger partial charge on any atom is 0.244 e. The standard InChI is InChI=1S/C15H19N5/c1-2-5-12(6-3-1)7-4-10-16-15-19-14(11-17-20-15)18-13-8-9-13/h1-3,5-6,11,13H,4,7-10H2,(H2,16,18,19,20). The van der Waals surface area contributed by atoms with E-state index >= 15 is 0 Å². The zero-order valence-corrected chi connectivity index (χ0v) is 11.4. The Hall–Kier alpha value is -2.17. The molecule has 0 unspecified atom stereocenters. The number of aryl methyl sites for hydroxylation is 1. The van der Waals surface area contributed by atoms with Gasteiger partial charge in [-0.3, -0.25) is 0 Å². The molecule has 1 aromatic heterocycles. The van der Waals surface area contributed by atoms with Gasteiger partial charge < -0.3 is 10.6 Å². The predicted octanol–water partition coefficient (Wildman–Crippen LogP) is 2.49. The summed E-state index contributed by atoms with van der Waals surface area (Å²) in [5, 5.41) is 14.5. The molecule has 3 rings (SSSR count). The first-order valence-corrected chi connectivity index (χ1v) is 7.14. The summed E-state index contributed by atoms with van der Waals surface area (Å²) < 4.78 is 0. The highest BCUT2D eigenvalue weighted by molar-refractivity contribution is 5.38. The Morgan fingerprint density at radius 1 is 1.15 bits per heavy atom. The molecular formula is C15H19N5. The molecule has 0 atom stereocenters. The SMILES string of the molecule is c1ccc(CCCNc2nncc(NC3CC3)n2)cc1. The first-order valence-electron chi connectivity index (χ1n) is 7.14. The third-order valence-corrected chi connectivity index (χ3v) is 3.26. The lowest BCUT2D eigenvalue weighted by molar-refractivity contribution is 0.842. The van der Waals surface area contributed by atoms with E-state index in [1.807, 2.05) is 6.07 Å². The van der Waals surface area contributed by atoms with Crippen molar-refractivity contribution in [2.24, 2.45) is 0 Å². The predicted molar refractivity (Wildman–Crippen MR) is 79.7 cm³/mol. The topological polar surface area (TPSA) is 62.7 Å². The number of anilines is 2. The molecular weight excluding hydrogens is 250 g/mol. The van der Waals surface area contributed by atoms with Crippen LogP contribution in [0.3, 0.4) is 0 Å². The van der Waals surface area contributed by atoms with Crippen LogP contribution in [-0.2, 0) is 6.42 Å². The fraction of sp³-hybridized carbons (Fsp3) is 0.400. The zero-order valence-electron chi connectivity index (χ0n) is 11.4. The van der Waals surface area contributed by atoms with E-state index in [0.29, 0.717) is 12.0 Å². The third kappa shape index (κ3) is 3.91. The number of benzene rings is 1. The second kappa shape index (κ2) is 6.32. The number of aromatic nitrogens is 3. The molecule has 1 saturated carbocycles. The Labute approximate surface area is 118 Å². The Morgan fingerprint density at radius 3 is 2.80 bits per heavy atom. The van der Waals surface area contributed by atoms with Crippen molar-refractivity contribution in [2.75, 3.05) is 17.2 Å². The van der Waals surface area contributed by atoms with Crippen LogP contribution in [0.2, 0.25) is 0 Å². The number of rotatable bonds is 7. The Morgan fingerprint density at radius 2 is 2.00 bits per heavy atom. The fourth-order valence-corrected chi connectivity index (χ4v) is 2.02. The van der Waals surface area contributed by atoms with Crippen molar-refractivity contribution >= 4 is 11.8 Å². The molecule has 0 radical (unpaired) electrons. The summed E-state index contributed by atoms with van der Waals surface area (Å²) in [6.45, 7) is 0.851. The molecule has 0 bridgehead atoms. The summed E-state index contributed by atoms with van der Waals surface area (Å²) in [5.74, 6) is 1.41. The Kier molecular flexibility index (Phi) is 4.06. The van der Waals surface area contributed by atoms with Crippen LogP contribution < -0.4 is 10.6 Å². The van der Waals surface area contributed by atoms with Gasteiger partial charge in [-0.1, -0.05) is 30.3 Å². The van der Waals surface area contributed by atoms with Gasteiger partial charge in [0.1, 0.15) is 0 Å². The lowest BCUT2D eigenvalue weighted by Gasteiger charge is -2.06. The van der Waals surface area contributed by atoms with Gasteiger partial charge >= 0.3 is 0 Å². The average molecular weight is 269 g/mol. The number of nitrogens with zero attached hydrogens (tertiary/aromatic N) is 3. The molecule has 1 heterocycles. The first kappa shape index (κ1) is 12.8. The summed E-state index contributed by atoms with van der Waals surface area (Å²) in [5.41, 5.74) is 1.36. The van der Waals surface area contributed by atoms with Crippen molar-refractivity contribution in [1.82, 2.24) is 15.2 Å². The van der Waals surface area contributed by atoms with Gasteiger partial charge in [-0.05, 0) is 31.2 Å². The minimum Gasteiger partial charge on any atom is -0.366 e. The molecule has 0 aliphatic heterocycles. The van der Waals surface area contributed by atoms with Gasteiger partial charge in [0.25, 0.3) is 0 Å². The van der Waals surface area contributed by atoms with Crippen LogP contribution in [0, 0.1) is 0 Å². The summed E-state index contributed by atoms with van der Waals surface area (Å²) in [6, 6.07) is 11.1. The van der Waals surface area contributed by atoms with Crippen molar-refractivity contribution in [3.8, 4) is 0 Å². The largest absolute Gasteiger partial charge is 0.366 e. The minimum absolute atomic E-state index is 0.581. The highest BCUT2D eigenvalue weighted by Crippen LogP contribution is 2.23. The van der Waals surface area contributed by atoms with E-state index in [1.165, 1.54) is 18.4 Å². The Balaban J connectivity index is 1.43. The summed E-state index contributed by atoms with van der Waals surface area (Å²) in [7, 11) is 0. The monoisotopic (exact) mass is 269 g/mol. The summed E-state index contributed by atoms with van der Waals surface area (Å²) in [6.07, 6.45) is 6.23. The van der Waals surface area contributed by atoms with Crippen molar-refractivity contribution in [2.45, 2.75) is 31.7 Å². The highest BCUT2D eigenvalue weighted by Gasteiger charge is 2.21. The molecule has 20 heavy (non-hydrogen) atoms. The maximum atomic E-state index is 4.40. The van der Waals surface area contributed by atoms with E-state index in [-0.39, 0.29) is 0 Å². The van der Waals surface area contributed by atoms with E-state index < -0.39 is 0 Å². The van der Waals surface area contributed by atoms with Crippen LogP contribution >= 0.6 is 0 Å². The summed E-state index contributed by atoms with van der Waals surface area (Å²) in [4.78, 5) is 4.40. The van der Waals surface area contributed by atoms with Crippen molar-refractivity contribution < 1.29 is 0 Å². The van der Waals surface area contributed by atoms with Gasteiger partial charge in [0, 0.05) is 12.6 Å². The van der Waals surface area contributed by atoms with Gasteiger partial charge in [0.15, 0.2) is 5.82 Å². The summed E-state index contributed by atoms with van der Waals surface area (Å²) >= 11 is 0. The van der Waals surface area contributed by atoms with Crippen LogP contribution in [-0.4, -0.2) is 27.8 Å². The molecule has 104 valence electrons. The van der Waals surface area contributed by atoms with Gasteiger partial charge in [-0.15, -0.1) is 5.10 Å². The molecule has 2 N–H and O–H groups in total. The molecule has 0 saturated heterocycles. The molecule has 0 spiro atoms. The Bertz CT molecular complexity index is 539. The van der Waals surface area contributed by atoms with E-state index in [0.717, 1.165) is 25.2 Å². The molecule has 0 amide bonds.